The molecule has 0 radical (unpaired) electrons. The van der Waals surface area contributed by atoms with Gasteiger partial charge in [-0.25, -0.2) is 0 Å². The minimum atomic E-state index is -1.11. The van der Waals surface area contributed by atoms with Crippen molar-refractivity contribution < 1.29 is 42.9 Å². The molecule has 1 amide bonds. The molecule has 10 heteroatoms. The van der Waals surface area contributed by atoms with E-state index in [-0.39, 0.29) is 12.5 Å². The largest absolute Gasteiger partial charge is 0.463 e. The van der Waals surface area contributed by atoms with E-state index in [1.165, 1.54) is 27.7 Å². The highest BCUT2D eigenvalue weighted by Gasteiger charge is 2.51. The van der Waals surface area contributed by atoms with Crippen LogP contribution in [0.4, 0.5) is 0 Å². The van der Waals surface area contributed by atoms with Crippen molar-refractivity contribution in [1.82, 2.24) is 5.32 Å². The van der Waals surface area contributed by atoms with Gasteiger partial charge in [0.15, 0.2) is 18.5 Å². The zero-order valence-corrected chi connectivity index (χ0v) is 17.1. The Morgan fingerprint density at radius 3 is 1.96 bits per heavy atom. The Bertz CT molecular complexity index is 577. The first-order valence-corrected chi connectivity index (χ1v) is 9.03. The van der Waals surface area contributed by atoms with Gasteiger partial charge in [0.25, 0.3) is 0 Å². The Morgan fingerprint density at radius 2 is 1.50 bits per heavy atom. The van der Waals surface area contributed by atoms with Gasteiger partial charge in [0.1, 0.15) is 18.8 Å². The summed E-state index contributed by atoms with van der Waals surface area (Å²) in [6.45, 7) is 8.79. The quantitative estimate of drug-likeness (QED) is 0.450. The van der Waals surface area contributed by atoms with Gasteiger partial charge in [0.2, 0.25) is 5.91 Å². The van der Waals surface area contributed by atoms with Crippen LogP contribution in [0.3, 0.4) is 0 Å². The average molecular weight is 403 g/mol. The molecule has 0 aliphatic carbocycles. The third-order valence-electron chi connectivity index (χ3n) is 3.67. The van der Waals surface area contributed by atoms with Crippen LogP contribution in [-0.4, -0.2) is 67.7 Å². The summed E-state index contributed by atoms with van der Waals surface area (Å²) in [4.78, 5) is 46.2. The van der Waals surface area contributed by atoms with E-state index in [4.69, 9.17) is 23.7 Å². The third kappa shape index (κ3) is 7.81. The lowest BCUT2D eigenvalue weighted by molar-refractivity contribution is -0.279. The number of nitrogens with one attached hydrogen (secondary N) is 1. The Kier molecular flexibility index (Phi) is 9.33. The average Bonchev–Trinajstić information content (AvgIpc) is 2.54. The Balaban J connectivity index is 3.24. The van der Waals surface area contributed by atoms with Crippen molar-refractivity contribution in [3.05, 3.63) is 0 Å². The van der Waals surface area contributed by atoms with Gasteiger partial charge in [-0.1, -0.05) is 13.8 Å². The summed E-state index contributed by atoms with van der Waals surface area (Å²) in [5.74, 6) is -2.11. The molecule has 28 heavy (non-hydrogen) atoms. The minimum Gasteiger partial charge on any atom is -0.463 e. The molecule has 1 N–H and O–H groups in total. The molecule has 1 aliphatic heterocycles. The van der Waals surface area contributed by atoms with Crippen LogP contribution in [0.2, 0.25) is 0 Å². The van der Waals surface area contributed by atoms with Crippen LogP contribution in [0.25, 0.3) is 0 Å². The molecule has 1 rings (SSSR count). The molecular formula is C18H29NO9. The summed E-state index contributed by atoms with van der Waals surface area (Å²) in [6, 6.07) is -0.932. The Labute approximate surface area is 164 Å². The maximum absolute atomic E-state index is 11.7. The predicted octanol–water partition coefficient (Wildman–Crippen LogP) is 0.315. The van der Waals surface area contributed by atoms with E-state index in [2.05, 4.69) is 5.32 Å². The number of carbonyl (C=O) groups excluding carboxylic acids is 4. The monoisotopic (exact) mass is 403 g/mol. The van der Waals surface area contributed by atoms with Gasteiger partial charge in [-0.05, 0) is 5.92 Å². The molecule has 0 aromatic heterocycles. The highest BCUT2D eigenvalue weighted by molar-refractivity contribution is 5.73. The summed E-state index contributed by atoms with van der Waals surface area (Å²) in [5, 5.41) is 2.63. The smallest absolute Gasteiger partial charge is 0.303 e. The van der Waals surface area contributed by atoms with Crippen LogP contribution in [0.1, 0.15) is 41.5 Å². The molecule has 0 aromatic rings. The van der Waals surface area contributed by atoms with Crippen LogP contribution >= 0.6 is 0 Å². The van der Waals surface area contributed by atoms with E-state index in [1.807, 2.05) is 13.8 Å². The lowest BCUT2D eigenvalue weighted by Crippen LogP contribution is -2.66. The van der Waals surface area contributed by atoms with Gasteiger partial charge >= 0.3 is 17.9 Å². The number of amides is 1. The van der Waals surface area contributed by atoms with Crippen molar-refractivity contribution >= 4 is 23.8 Å². The molecule has 0 bridgehead atoms. The predicted molar refractivity (Wildman–Crippen MR) is 94.8 cm³/mol. The maximum atomic E-state index is 11.7. The standard InChI is InChI=1S/C18H29NO9/c1-9(2)7-25-18-15(19-10(3)20)17(27-13(6)23)16(26-12(5)22)14(28-18)8-24-11(4)21/h9,14-18H,7-8H2,1-6H3,(H,19,20). The summed E-state index contributed by atoms with van der Waals surface area (Å²) >= 11 is 0. The Hall–Kier alpha value is -2.20. The van der Waals surface area contributed by atoms with E-state index >= 15 is 0 Å². The molecule has 5 atom stereocenters. The van der Waals surface area contributed by atoms with Crippen molar-refractivity contribution in [2.45, 2.75) is 72.2 Å². The number of ether oxygens (including phenoxy) is 5. The van der Waals surface area contributed by atoms with E-state index in [0.29, 0.717) is 6.61 Å². The second-order valence-electron chi connectivity index (χ2n) is 6.95. The van der Waals surface area contributed by atoms with Gasteiger partial charge in [-0.15, -0.1) is 0 Å². The second-order valence-corrected chi connectivity index (χ2v) is 6.95. The zero-order valence-electron chi connectivity index (χ0n) is 17.1. The third-order valence-corrected chi connectivity index (χ3v) is 3.67. The van der Waals surface area contributed by atoms with Crippen molar-refractivity contribution in [3.63, 3.8) is 0 Å². The highest BCUT2D eigenvalue weighted by atomic mass is 16.7. The molecular weight excluding hydrogens is 374 g/mol. The van der Waals surface area contributed by atoms with Crippen molar-refractivity contribution in [3.8, 4) is 0 Å². The van der Waals surface area contributed by atoms with E-state index in [9.17, 15) is 19.2 Å². The first-order chi connectivity index (χ1) is 13.0. The summed E-state index contributed by atoms with van der Waals surface area (Å²) < 4.78 is 27.2. The molecule has 0 spiro atoms. The molecule has 5 unspecified atom stereocenters. The molecule has 0 saturated carbocycles. The fourth-order valence-electron chi connectivity index (χ4n) is 2.72. The highest BCUT2D eigenvalue weighted by Crippen LogP contribution is 2.28. The molecule has 1 fully saturated rings. The maximum Gasteiger partial charge on any atom is 0.303 e. The number of hydrogen-bond donors (Lipinski definition) is 1. The molecule has 0 aromatic carbocycles. The summed E-state index contributed by atoms with van der Waals surface area (Å²) in [5.41, 5.74) is 0. The molecule has 1 saturated heterocycles. The van der Waals surface area contributed by atoms with Gasteiger partial charge in [0.05, 0.1) is 6.61 Å². The van der Waals surface area contributed by atoms with Crippen LogP contribution < -0.4 is 5.32 Å². The molecule has 1 aliphatic rings. The van der Waals surface area contributed by atoms with Crippen LogP contribution in [-0.2, 0) is 42.9 Å². The van der Waals surface area contributed by atoms with Gasteiger partial charge < -0.3 is 29.0 Å². The number of esters is 3. The van der Waals surface area contributed by atoms with E-state index in [0.717, 1.165) is 0 Å². The number of rotatable bonds is 8. The fraction of sp³-hybridized carbons (Fsp3) is 0.778. The Morgan fingerprint density at radius 1 is 0.929 bits per heavy atom. The molecule has 1 heterocycles. The van der Waals surface area contributed by atoms with E-state index in [1.54, 1.807) is 0 Å². The van der Waals surface area contributed by atoms with Crippen LogP contribution in [0.15, 0.2) is 0 Å². The van der Waals surface area contributed by atoms with Crippen molar-refractivity contribution in [1.29, 1.82) is 0 Å². The SMILES string of the molecule is CC(=O)NC1C(OCC(C)C)OC(COC(C)=O)C(OC(C)=O)C1OC(C)=O. The van der Waals surface area contributed by atoms with Crippen LogP contribution in [0, 0.1) is 5.92 Å². The fourth-order valence-corrected chi connectivity index (χ4v) is 2.72. The first kappa shape index (κ1) is 23.8. The lowest BCUT2D eigenvalue weighted by atomic mass is 9.96. The normalized spacial score (nSPS) is 27.0. The molecule has 160 valence electrons. The van der Waals surface area contributed by atoms with Gasteiger partial charge in [0, 0.05) is 27.7 Å². The first-order valence-electron chi connectivity index (χ1n) is 9.03. The minimum absolute atomic E-state index is 0.159. The topological polar surface area (TPSA) is 126 Å². The van der Waals surface area contributed by atoms with Crippen LogP contribution in [0.5, 0.6) is 0 Å². The van der Waals surface area contributed by atoms with Gasteiger partial charge in [-0.2, -0.15) is 0 Å². The molecule has 10 nitrogen and oxygen atoms in total. The summed E-state index contributed by atoms with van der Waals surface area (Å²) in [7, 11) is 0. The lowest BCUT2D eigenvalue weighted by Gasteiger charge is -2.45. The summed E-state index contributed by atoms with van der Waals surface area (Å²) in [6.07, 6.45) is -4.18. The van der Waals surface area contributed by atoms with Crippen molar-refractivity contribution in [2.75, 3.05) is 13.2 Å². The van der Waals surface area contributed by atoms with E-state index < -0.39 is 54.5 Å². The van der Waals surface area contributed by atoms with Crippen molar-refractivity contribution in [2.24, 2.45) is 5.92 Å². The number of hydrogen-bond acceptors (Lipinski definition) is 9. The zero-order chi connectivity index (χ0) is 21.4. The second kappa shape index (κ2) is 11.0. The number of carbonyl (C=O) groups is 4. The van der Waals surface area contributed by atoms with Gasteiger partial charge in [-0.3, -0.25) is 19.2 Å².